The fourth-order valence-electron chi connectivity index (χ4n) is 4.90. The molecular weight excluding hydrogens is 432 g/mol. The van der Waals surface area contributed by atoms with Crippen molar-refractivity contribution in [3.05, 3.63) is 96.2 Å². The lowest BCUT2D eigenvalue weighted by Gasteiger charge is -2.37. The number of pyridine rings is 1. The van der Waals surface area contributed by atoms with Crippen LogP contribution in [0.1, 0.15) is 24.1 Å². The van der Waals surface area contributed by atoms with Crippen molar-refractivity contribution in [2.24, 2.45) is 0 Å². The molecule has 5 nitrogen and oxygen atoms in total. The Morgan fingerprint density at radius 3 is 2.54 bits per heavy atom. The number of nitrogens with one attached hydrogen (secondary N) is 1. The smallest absolute Gasteiger partial charge is 0.121 e. The van der Waals surface area contributed by atoms with Gasteiger partial charge in [-0.3, -0.25) is 9.88 Å². The largest absolute Gasteiger partial charge is 0.492 e. The average Bonchev–Trinajstić information content (AvgIpc) is 2.90. The van der Waals surface area contributed by atoms with Crippen LogP contribution in [0.2, 0.25) is 0 Å². The van der Waals surface area contributed by atoms with Gasteiger partial charge in [-0.2, -0.15) is 5.26 Å². The molecule has 1 aliphatic heterocycles. The van der Waals surface area contributed by atoms with Crippen LogP contribution in [0.4, 0.5) is 11.4 Å². The van der Waals surface area contributed by atoms with Crippen molar-refractivity contribution in [1.29, 1.82) is 5.26 Å². The highest BCUT2D eigenvalue weighted by molar-refractivity contribution is 5.93. The van der Waals surface area contributed by atoms with E-state index in [-0.39, 0.29) is 5.41 Å². The molecule has 1 fully saturated rings. The Balaban J connectivity index is 1.17. The summed E-state index contributed by atoms with van der Waals surface area (Å²) >= 11 is 0. The number of benzene rings is 3. The van der Waals surface area contributed by atoms with Crippen LogP contribution in [-0.4, -0.2) is 36.1 Å². The standard InChI is InChI=1S/C30H30N4O/c1-23-20-29(27-12-5-6-13-28(27)32-23)33-25-10-7-11-26(21-25)35-19-18-34-16-14-30(22-31,15-17-34)24-8-3-2-4-9-24/h2-13,20-21H,14-19H2,1H3,(H,32,33). The predicted molar refractivity (Wildman–Crippen MR) is 141 cm³/mol. The number of piperidine rings is 1. The van der Waals surface area contributed by atoms with E-state index in [1.54, 1.807) is 0 Å². The van der Waals surface area contributed by atoms with Crippen molar-refractivity contribution in [2.45, 2.75) is 25.2 Å². The summed E-state index contributed by atoms with van der Waals surface area (Å²) in [5.41, 5.74) is 4.76. The van der Waals surface area contributed by atoms with Gasteiger partial charge in [0, 0.05) is 48.2 Å². The molecule has 3 aromatic carbocycles. The van der Waals surface area contributed by atoms with Crippen LogP contribution in [0.25, 0.3) is 10.9 Å². The molecule has 5 heteroatoms. The van der Waals surface area contributed by atoms with Crippen molar-refractivity contribution in [3.8, 4) is 11.8 Å². The van der Waals surface area contributed by atoms with Gasteiger partial charge in [0.1, 0.15) is 12.4 Å². The van der Waals surface area contributed by atoms with E-state index in [0.717, 1.165) is 71.8 Å². The zero-order chi connectivity index (χ0) is 24.1. The number of nitriles is 1. The Hall–Kier alpha value is -3.88. The molecule has 0 saturated carbocycles. The Morgan fingerprint density at radius 1 is 0.971 bits per heavy atom. The van der Waals surface area contributed by atoms with Crippen LogP contribution in [0.3, 0.4) is 0 Å². The van der Waals surface area contributed by atoms with E-state index >= 15 is 0 Å². The summed E-state index contributed by atoms with van der Waals surface area (Å²) < 4.78 is 6.10. The fourth-order valence-corrected chi connectivity index (χ4v) is 4.90. The van der Waals surface area contributed by atoms with Gasteiger partial charge in [-0.05, 0) is 49.6 Å². The average molecular weight is 463 g/mol. The molecule has 5 rings (SSSR count). The predicted octanol–water partition coefficient (Wildman–Crippen LogP) is 6.22. The van der Waals surface area contributed by atoms with E-state index in [9.17, 15) is 5.26 Å². The first-order valence-corrected chi connectivity index (χ1v) is 12.2. The van der Waals surface area contributed by atoms with Gasteiger partial charge in [0.15, 0.2) is 0 Å². The third-order valence-electron chi connectivity index (χ3n) is 6.88. The maximum absolute atomic E-state index is 9.91. The number of nitrogens with zero attached hydrogens (tertiary/aromatic N) is 3. The van der Waals surface area contributed by atoms with Gasteiger partial charge in [-0.1, -0.05) is 54.6 Å². The second kappa shape index (κ2) is 10.2. The first-order chi connectivity index (χ1) is 17.1. The maximum atomic E-state index is 9.91. The minimum absolute atomic E-state index is 0.367. The van der Waals surface area contributed by atoms with Crippen LogP contribution in [0.15, 0.2) is 84.9 Å². The number of ether oxygens (including phenoxy) is 1. The molecule has 0 aliphatic carbocycles. The molecule has 0 radical (unpaired) electrons. The van der Waals surface area contributed by atoms with Gasteiger partial charge < -0.3 is 10.1 Å². The quantitative estimate of drug-likeness (QED) is 0.353. The summed E-state index contributed by atoms with van der Waals surface area (Å²) in [6.07, 6.45) is 1.71. The molecule has 176 valence electrons. The topological polar surface area (TPSA) is 61.2 Å². The minimum atomic E-state index is -0.367. The summed E-state index contributed by atoms with van der Waals surface area (Å²) in [5, 5.41) is 14.5. The number of anilines is 2. The van der Waals surface area contributed by atoms with Gasteiger partial charge in [-0.15, -0.1) is 0 Å². The van der Waals surface area contributed by atoms with Crippen molar-refractivity contribution < 1.29 is 4.74 Å². The molecule has 0 bridgehead atoms. The van der Waals surface area contributed by atoms with E-state index < -0.39 is 0 Å². The lowest BCUT2D eigenvalue weighted by atomic mass is 9.74. The second-order valence-electron chi connectivity index (χ2n) is 9.23. The number of hydrogen-bond acceptors (Lipinski definition) is 5. The van der Waals surface area contributed by atoms with Crippen LogP contribution in [-0.2, 0) is 5.41 Å². The molecular formula is C30H30N4O. The second-order valence-corrected chi connectivity index (χ2v) is 9.23. The monoisotopic (exact) mass is 462 g/mol. The SMILES string of the molecule is Cc1cc(Nc2cccc(OCCN3CCC(C#N)(c4ccccc4)CC3)c2)c2ccccc2n1. The molecule has 2 heterocycles. The molecule has 1 saturated heterocycles. The van der Waals surface area contributed by atoms with Gasteiger partial charge >= 0.3 is 0 Å². The van der Waals surface area contributed by atoms with Crippen molar-refractivity contribution >= 4 is 22.3 Å². The molecule has 0 amide bonds. The minimum Gasteiger partial charge on any atom is -0.492 e. The van der Waals surface area contributed by atoms with E-state index in [4.69, 9.17) is 4.74 Å². The Kier molecular flexibility index (Phi) is 6.65. The number of aromatic nitrogens is 1. The van der Waals surface area contributed by atoms with E-state index in [0.29, 0.717) is 6.61 Å². The number of para-hydroxylation sites is 1. The Labute approximate surface area is 207 Å². The van der Waals surface area contributed by atoms with Crippen molar-refractivity contribution in [1.82, 2.24) is 9.88 Å². The molecule has 0 atom stereocenters. The Morgan fingerprint density at radius 2 is 1.74 bits per heavy atom. The van der Waals surface area contributed by atoms with Gasteiger partial charge in [0.25, 0.3) is 0 Å². The molecule has 0 unspecified atom stereocenters. The first-order valence-electron chi connectivity index (χ1n) is 12.2. The lowest BCUT2D eigenvalue weighted by Crippen LogP contribution is -2.43. The number of fused-ring (bicyclic) bond motifs is 1. The fraction of sp³-hybridized carbons (Fsp3) is 0.267. The van der Waals surface area contributed by atoms with Gasteiger partial charge in [-0.25, -0.2) is 0 Å². The molecule has 1 aliphatic rings. The van der Waals surface area contributed by atoms with Crippen LogP contribution in [0, 0.1) is 18.3 Å². The van der Waals surface area contributed by atoms with Crippen LogP contribution < -0.4 is 10.1 Å². The van der Waals surface area contributed by atoms with E-state index in [1.165, 1.54) is 0 Å². The van der Waals surface area contributed by atoms with Gasteiger partial charge in [0.05, 0.1) is 17.0 Å². The van der Waals surface area contributed by atoms with Crippen LogP contribution >= 0.6 is 0 Å². The maximum Gasteiger partial charge on any atom is 0.121 e. The summed E-state index contributed by atoms with van der Waals surface area (Å²) in [5.74, 6) is 0.845. The molecule has 1 aromatic heterocycles. The lowest BCUT2D eigenvalue weighted by molar-refractivity contribution is 0.156. The summed E-state index contributed by atoms with van der Waals surface area (Å²) in [4.78, 5) is 7.02. The third-order valence-corrected chi connectivity index (χ3v) is 6.88. The highest BCUT2D eigenvalue weighted by Crippen LogP contribution is 2.35. The molecule has 35 heavy (non-hydrogen) atoms. The van der Waals surface area contributed by atoms with Gasteiger partial charge in [0.2, 0.25) is 0 Å². The highest BCUT2D eigenvalue weighted by atomic mass is 16.5. The number of hydrogen-bond donors (Lipinski definition) is 1. The van der Waals surface area contributed by atoms with Crippen molar-refractivity contribution in [2.75, 3.05) is 31.6 Å². The van der Waals surface area contributed by atoms with E-state index in [1.807, 2.05) is 67.6 Å². The number of rotatable bonds is 7. The zero-order valence-electron chi connectivity index (χ0n) is 20.1. The summed E-state index contributed by atoms with van der Waals surface area (Å²) in [6, 6.07) is 31.2. The molecule has 1 N–H and O–H groups in total. The normalized spacial score (nSPS) is 15.4. The van der Waals surface area contributed by atoms with E-state index in [2.05, 4.69) is 45.5 Å². The third kappa shape index (κ3) is 5.13. The highest BCUT2D eigenvalue weighted by Gasteiger charge is 2.36. The Bertz CT molecular complexity index is 1340. The molecule has 0 spiro atoms. The number of likely N-dealkylation sites (tertiary alicyclic amines) is 1. The number of aryl methyl sites for hydroxylation is 1. The molecule has 4 aromatic rings. The zero-order valence-corrected chi connectivity index (χ0v) is 20.1. The first kappa shape index (κ1) is 22.9. The van der Waals surface area contributed by atoms with Crippen LogP contribution in [0.5, 0.6) is 5.75 Å². The summed E-state index contributed by atoms with van der Waals surface area (Å²) in [6.45, 7) is 5.29. The summed E-state index contributed by atoms with van der Waals surface area (Å²) in [7, 11) is 0. The van der Waals surface area contributed by atoms with Crippen molar-refractivity contribution in [3.63, 3.8) is 0 Å².